The van der Waals surface area contributed by atoms with Crippen molar-refractivity contribution in [2.45, 2.75) is 0 Å². The van der Waals surface area contributed by atoms with Crippen molar-refractivity contribution in [2.24, 2.45) is 0 Å². The molecule has 0 unspecified atom stereocenters. The molecule has 0 radical (unpaired) electrons. The standard InChI is InChI=1S/C5H3Br2NO.C5H5NO.3HI.V/c6-3-1-8-2-4(7)5(3)9;7-5-1-3-6-4-2-5;;;;/h1-2H,(H,8,9);1-4H,(H,6,7);3*1H;/q;;;;;+3/p-3. The molecule has 4 nitrogen and oxygen atoms in total. The second-order valence-electron chi connectivity index (χ2n) is 2.91. The maximum atomic E-state index is 10.9. The fourth-order valence-corrected chi connectivity index (χ4v) is 1.76. The zero-order valence-corrected chi connectivity index (χ0v) is 20.7. The van der Waals surface area contributed by atoms with Crippen LogP contribution in [0, 0.1) is 0 Å². The Bertz CT molecular complexity index is 578. The summed E-state index contributed by atoms with van der Waals surface area (Å²) in [7, 11) is 0. The van der Waals surface area contributed by atoms with Crippen molar-refractivity contribution >= 4 is 91.8 Å². The summed E-state index contributed by atoms with van der Waals surface area (Å²) in [5, 5.41) is 0. The van der Waals surface area contributed by atoms with Gasteiger partial charge in [-0.1, -0.05) is 0 Å². The van der Waals surface area contributed by atoms with E-state index in [1.165, 1.54) is 12.1 Å². The summed E-state index contributed by atoms with van der Waals surface area (Å²) in [5.41, 5.74) is 0.00694. The van der Waals surface area contributed by atoms with Gasteiger partial charge in [-0.2, -0.15) is 0 Å². The normalized spacial score (nSPS) is 9.10. The quantitative estimate of drug-likeness (QED) is 0.373. The molecule has 0 aromatic carbocycles. The van der Waals surface area contributed by atoms with E-state index in [0.717, 1.165) is 0 Å². The van der Waals surface area contributed by atoms with Crippen LogP contribution in [0.1, 0.15) is 0 Å². The van der Waals surface area contributed by atoms with Gasteiger partial charge in [0.2, 0.25) is 5.43 Å². The van der Waals surface area contributed by atoms with Crippen molar-refractivity contribution in [1.82, 2.24) is 9.97 Å². The Balaban J connectivity index is 0.000000293. The third-order valence-corrected chi connectivity index (χ3v) is 2.72. The van der Waals surface area contributed by atoms with Crippen LogP contribution in [0.2, 0.25) is 0 Å². The van der Waals surface area contributed by atoms with Crippen molar-refractivity contribution < 1.29 is 4.92 Å². The molecule has 2 N–H and O–H groups in total. The summed E-state index contributed by atoms with van der Waals surface area (Å²) >= 11 is 13.5. The van der Waals surface area contributed by atoms with Crippen molar-refractivity contribution in [2.75, 3.05) is 0 Å². The summed E-state index contributed by atoms with van der Waals surface area (Å²) < 4.78 is 1.08. The number of halogens is 5. The molecule has 110 valence electrons. The number of aromatic amines is 2. The molecule has 0 fully saturated rings. The van der Waals surface area contributed by atoms with Gasteiger partial charge in [-0.3, -0.25) is 9.59 Å². The molecule has 0 saturated heterocycles. The van der Waals surface area contributed by atoms with Gasteiger partial charge in [-0.25, -0.2) is 0 Å². The van der Waals surface area contributed by atoms with E-state index >= 15 is 0 Å². The molecule has 10 heteroatoms. The van der Waals surface area contributed by atoms with E-state index in [1.54, 1.807) is 24.8 Å². The van der Waals surface area contributed by atoms with Gasteiger partial charge in [-0.05, 0) is 31.9 Å². The van der Waals surface area contributed by atoms with Gasteiger partial charge in [0, 0.05) is 36.9 Å². The van der Waals surface area contributed by atoms with Crippen LogP contribution in [0.4, 0.5) is 0 Å². The third-order valence-electron chi connectivity index (χ3n) is 1.54. The molecule has 0 bridgehead atoms. The van der Waals surface area contributed by atoms with Gasteiger partial charge in [-0.15, -0.1) is 0 Å². The minimum absolute atomic E-state index is 0.0336. The van der Waals surface area contributed by atoms with E-state index in [2.05, 4.69) is 102 Å². The summed E-state index contributed by atoms with van der Waals surface area (Å²) in [5.74, 6) is 0. The molecule has 20 heavy (non-hydrogen) atoms. The van der Waals surface area contributed by atoms with E-state index in [4.69, 9.17) is 0 Å². The van der Waals surface area contributed by atoms with Gasteiger partial charge < -0.3 is 9.97 Å². The SMILES string of the molecule is O=c1c(Br)c[nH]cc1Br.O=c1cc[nH]cc1.[I][V]([I])[I]. The molecule has 0 saturated carbocycles. The van der Waals surface area contributed by atoms with Crippen molar-refractivity contribution in [1.29, 1.82) is 0 Å². The van der Waals surface area contributed by atoms with E-state index in [9.17, 15) is 9.59 Å². The molecule has 2 aromatic rings. The van der Waals surface area contributed by atoms with Crippen LogP contribution in [0.3, 0.4) is 0 Å². The summed E-state index contributed by atoms with van der Waals surface area (Å²) in [6, 6.07) is 2.94. The molecular weight excluding hydrogens is 772 g/mol. The Kier molecular flexibility index (Phi) is 14.2. The molecule has 0 aliphatic rings. The first-order valence-corrected chi connectivity index (χ1v) is 19.9. The number of rotatable bonds is 0. The first kappa shape index (κ1) is 21.6. The molecule has 0 spiro atoms. The summed E-state index contributed by atoms with van der Waals surface area (Å²) in [6.07, 6.45) is 6.38. The van der Waals surface area contributed by atoms with Crippen LogP contribution in [0.25, 0.3) is 0 Å². The Hall–Kier alpha value is 1.63. The molecule has 2 heterocycles. The number of aromatic nitrogens is 2. The molecule has 0 aliphatic heterocycles. The van der Waals surface area contributed by atoms with Crippen LogP contribution < -0.4 is 10.9 Å². The number of nitrogens with one attached hydrogen (secondary N) is 2. The Morgan fingerprint density at radius 2 is 1.30 bits per heavy atom. The fourth-order valence-electron chi connectivity index (χ4n) is 0.805. The first-order valence-electron chi connectivity index (χ1n) is 4.77. The zero-order valence-electron chi connectivity index (χ0n) is 9.62. The van der Waals surface area contributed by atoms with Gasteiger partial charge in [0.25, 0.3) is 0 Å². The van der Waals surface area contributed by atoms with E-state index < -0.39 is 0 Å². The first-order chi connectivity index (χ1) is 9.34. The molecule has 2 aromatic heterocycles. The second-order valence-corrected chi connectivity index (χ2v) is 40.0. The zero-order chi connectivity index (χ0) is 15.5. The Labute approximate surface area is 170 Å². The molecule has 0 amide bonds. The van der Waals surface area contributed by atoms with E-state index in [0.29, 0.717) is 8.95 Å². The average Bonchev–Trinajstić information content (AvgIpc) is 2.37. The summed E-state index contributed by atoms with van der Waals surface area (Å²) in [6.45, 7) is 0. The van der Waals surface area contributed by atoms with Gasteiger partial charge in [0.1, 0.15) is 0 Å². The number of hydrogen-bond acceptors (Lipinski definition) is 2. The van der Waals surface area contributed by atoms with Crippen molar-refractivity contribution in [3.63, 3.8) is 0 Å². The number of H-pyrrole nitrogens is 2. The van der Waals surface area contributed by atoms with Crippen LogP contribution in [-0.2, 0) is 4.92 Å². The molecule has 0 aliphatic carbocycles. The van der Waals surface area contributed by atoms with Crippen LogP contribution >= 0.6 is 91.8 Å². The minimum atomic E-state index is -0.278. The van der Waals surface area contributed by atoms with E-state index in [1.807, 2.05) is 0 Å². The van der Waals surface area contributed by atoms with Gasteiger partial charge in [0.05, 0.1) is 8.95 Å². The van der Waals surface area contributed by atoms with Crippen molar-refractivity contribution in [3.05, 3.63) is 66.3 Å². The van der Waals surface area contributed by atoms with Crippen LogP contribution in [-0.4, -0.2) is 9.97 Å². The van der Waals surface area contributed by atoms with Crippen LogP contribution in [0.5, 0.6) is 0 Å². The Morgan fingerprint density at radius 3 is 1.55 bits per heavy atom. The predicted molar refractivity (Wildman–Crippen MR) is 112 cm³/mol. The van der Waals surface area contributed by atoms with Gasteiger partial charge in [0.15, 0.2) is 5.43 Å². The fraction of sp³-hybridized carbons (Fsp3) is 0. The average molecular weight is 780 g/mol. The number of pyridine rings is 2. The number of hydrogen-bond donors (Lipinski definition) is 2. The third kappa shape index (κ3) is 12.2. The summed E-state index contributed by atoms with van der Waals surface area (Å²) in [4.78, 5) is 26.3. The molecule has 0 atom stereocenters. The van der Waals surface area contributed by atoms with E-state index in [-0.39, 0.29) is 15.8 Å². The predicted octanol–water partition coefficient (Wildman–Crippen LogP) is 4.93. The van der Waals surface area contributed by atoms with Gasteiger partial charge >= 0.3 is 64.9 Å². The second kappa shape index (κ2) is 13.1. The monoisotopic (exact) mass is 778 g/mol. The molecular formula is C10H8Br2I3N2O2V. The Morgan fingerprint density at radius 1 is 0.900 bits per heavy atom. The van der Waals surface area contributed by atoms with Crippen molar-refractivity contribution in [3.8, 4) is 0 Å². The topological polar surface area (TPSA) is 65.7 Å². The van der Waals surface area contributed by atoms with Crippen LogP contribution in [0.15, 0.2) is 55.5 Å². The maximum absolute atomic E-state index is 10.9. The molecule has 2 rings (SSSR count).